The first kappa shape index (κ1) is 4.39. The van der Waals surface area contributed by atoms with Crippen molar-refractivity contribution in [2.75, 3.05) is 6.54 Å². The van der Waals surface area contributed by atoms with Crippen LogP contribution in [0.5, 0.6) is 0 Å². The lowest BCUT2D eigenvalue weighted by Crippen LogP contribution is -1.89. The van der Waals surface area contributed by atoms with Crippen LogP contribution in [0.2, 0.25) is 0 Å². The van der Waals surface area contributed by atoms with Crippen LogP contribution in [-0.4, -0.2) is 6.54 Å². The summed E-state index contributed by atoms with van der Waals surface area (Å²) in [6.45, 7) is 1.02. The van der Waals surface area contributed by atoms with E-state index in [-0.39, 0.29) is 0 Å². The van der Waals surface area contributed by atoms with Crippen LogP contribution in [0, 0.1) is 0 Å². The quantitative estimate of drug-likeness (QED) is 0.498. The maximum absolute atomic E-state index is 4.27. The molecule has 0 fully saturated rings. The van der Waals surface area contributed by atoms with Crippen LogP contribution < -0.4 is 5.32 Å². The summed E-state index contributed by atoms with van der Waals surface area (Å²) in [5, 5.41) is 6.37. The molecular formula is C6H6NS. The van der Waals surface area contributed by atoms with Gasteiger partial charge in [0.2, 0.25) is 0 Å². The Morgan fingerprint density at radius 3 is 3.50 bits per heavy atom. The van der Waals surface area contributed by atoms with Gasteiger partial charge in [0.05, 0.1) is 5.69 Å². The second-order valence-corrected chi connectivity index (χ2v) is 2.86. The summed E-state index contributed by atoms with van der Waals surface area (Å²) < 4.78 is 0. The molecule has 0 N–H and O–H groups in total. The Morgan fingerprint density at radius 2 is 2.62 bits per heavy atom. The first-order valence-corrected chi connectivity index (χ1v) is 3.58. The molecular weight excluding hydrogens is 118 g/mol. The van der Waals surface area contributed by atoms with E-state index in [1.54, 1.807) is 0 Å². The lowest BCUT2D eigenvalue weighted by Gasteiger charge is -1.81. The maximum atomic E-state index is 4.27. The average Bonchev–Trinajstić information content (AvgIpc) is 2.15. The van der Waals surface area contributed by atoms with Gasteiger partial charge in [0.25, 0.3) is 0 Å². The van der Waals surface area contributed by atoms with Crippen molar-refractivity contribution in [1.29, 1.82) is 0 Å². The van der Waals surface area contributed by atoms with Crippen molar-refractivity contribution >= 4 is 17.0 Å². The minimum Gasteiger partial charge on any atom is -0.284 e. The lowest BCUT2D eigenvalue weighted by atomic mass is 10.4. The Labute approximate surface area is 52.3 Å². The first-order valence-electron chi connectivity index (χ1n) is 2.71. The summed E-state index contributed by atoms with van der Waals surface area (Å²) in [6.07, 6.45) is 1.17. The molecule has 0 bridgehead atoms. The van der Waals surface area contributed by atoms with E-state index in [4.69, 9.17) is 0 Å². The molecule has 2 heteroatoms. The second kappa shape index (κ2) is 1.49. The van der Waals surface area contributed by atoms with Crippen molar-refractivity contribution < 1.29 is 0 Å². The van der Waals surface area contributed by atoms with Gasteiger partial charge in [-0.15, -0.1) is 11.3 Å². The molecule has 2 heterocycles. The molecule has 1 aromatic heterocycles. The van der Waals surface area contributed by atoms with Gasteiger partial charge in [0.1, 0.15) is 0 Å². The molecule has 0 amide bonds. The van der Waals surface area contributed by atoms with Crippen LogP contribution >= 0.6 is 11.3 Å². The molecule has 0 aromatic carbocycles. The molecule has 1 radical (unpaired) electrons. The minimum atomic E-state index is 1.02. The third kappa shape index (κ3) is 0.464. The third-order valence-electron chi connectivity index (χ3n) is 1.34. The molecule has 2 rings (SSSR count). The van der Waals surface area contributed by atoms with E-state index >= 15 is 0 Å². The first-order chi connectivity index (χ1) is 3.97. The molecule has 1 aromatic rings. The molecule has 1 aliphatic rings. The highest BCUT2D eigenvalue weighted by molar-refractivity contribution is 7.10. The van der Waals surface area contributed by atoms with Crippen molar-refractivity contribution in [1.82, 2.24) is 5.32 Å². The van der Waals surface area contributed by atoms with E-state index in [2.05, 4.69) is 16.8 Å². The molecule has 0 atom stereocenters. The highest BCUT2D eigenvalue weighted by Crippen LogP contribution is 2.26. The van der Waals surface area contributed by atoms with E-state index in [0.29, 0.717) is 0 Å². The Bertz CT molecular complexity index is 174. The topological polar surface area (TPSA) is 14.1 Å². The second-order valence-electron chi connectivity index (χ2n) is 1.86. The molecule has 1 aliphatic heterocycles. The standard InChI is InChI=1S/C6H6NS/c1-3-7-5-2-4-8-6(1)5/h2,4H,1,3H2. The van der Waals surface area contributed by atoms with E-state index in [1.807, 2.05) is 11.3 Å². The van der Waals surface area contributed by atoms with Crippen molar-refractivity contribution in [3.8, 4) is 0 Å². The fourth-order valence-electron chi connectivity index (χ4n) is 0.940. The molecule has 0 unspecified atom stereocenters. The Hall–Kier alpha value is -0.500. The molecule has 41 valence electrons. The third-order valence-corrected chi connectivity index (χ3v) is 2.31. The van der Waals surface area contributed by atoms with Gasteiger partial charge in [0, 0.05) is 17.8 Å². The Kier molecular flexibility index (Phi) is 0.815. The normalized spacial score (nSPS) is 15.5. The van der Waals surface area contributed by atoms with Gasteiger partial charge < -0.3 is 0 Å². The minimum absolute atomic E-state index is 1.02. The predicted octanol–water partition coefficient (Wildman–Crippen LogP) is 1.54. The summed E-state index contributed by atoms with van der Waals surface area (Å²) in [7, 11) is 0. The van der Waals surface area contributed by atoms with Gasteiger partial charge in [-0.2, -0.15) is 0 Å². The molecule has 0 saturated carbocycles. The maximum Gasteiger partial charge on any atom is 0.0714 e. The van der Waals surface area contributed by atoms with Crippen LogP contribution in [0.15, 0.2) is 11.4 Å². The summed E-state index contributed by atoms with van der Waals surface area (Å²) in [6, 6.07) is 2.09. The average molecular weight is 124 g/mol. The SMILES string of the molecule is c1cc2c(s1)CC[N]2. The number of thiophene rings is 1. The van der Waals surface area contributed by atoms with Crippen LogP contribution in [0.25, 0.3) is 0 Å². The number of rotatable bonds is 0. The van der Waals surface area contributed by atoms with Crippen molar-refractivity contribution in [3.05, 3.63) is 16.3 Å². The number of nitrogens with zero attached hydrogens (tertiary/aromatic N) is 1. The summed E-state index contributed by atoms with van der Waals surface area (Å²) >= 11 is 1.82. The van der Waals surface area contributed by atoms with Gasteiger partial charge in [0.15, 0.2) is 0 Å². The molecule has 0 spiro atoms. The van der Waals surface area contributed by atoms with Gasteiger partial charge in [-0.3, -0.25) is 5.32 Å². The predicted molar refractivity (Wildman–Crippen MR) is 34.7 cm³/mol. The van der Waals surface area contributed by atoms with E-state index < -0.39 is 0 Å². The zero-order chi connectivity index (χ0) is 5.40. The van der Waals surface area contributed by atoms with E-state index in [9.17, 15) is 0 Å². The molecule has 0 aliphatic carbocycles. The number of hydrogen-bond donors (Lipinski definition) is 0. The fraction of sp³-hybridized carbons (Fsp3) is 0.333. The summed E-state index contributed by atoms with van der Waals surface area (Å²) in [4.78, 5) is 1.46. The van der Waals surface area contributed by atoms with Crippen LogP contribution in [-0.2, 0) is 6.42 Å². The molecule has 8 heavy (non-hydrogen) atoms. The highest BCUT2D eigenvalue weighted by Gasteiger charge is 2.10. The number of hydrogen-bond acceptors (Lipinski definition) is 1. The summed E-state index contributed by atoms with van der Waals surface area (Å²) in [5.74, 6) is 0. The van der Waals surface area contributed by atoms with E-state index in [0.717, 1.165) is 6.54 Å². The zero-order valence-corrected chi connectivity index (χ0v) is 5.24. The highest BCUT2D eigenvalue weighted by atomic mass is 32.1. The zero-order valence-electron chi connectivity index (χ0n) is 4.42. The Balaban J connectivity index is 2.54. The van der Waals surface area contributed by atoms with Gasteiger partial charge in [-0.1, -0.05) is 0 Å². The lowest BCUT2D eigenvalue weighted by molar-refractivity contribution is 0.911. The van der Waals surface area contributed by atoms with Gasteiger partial charge in [-0.05, 0) is 11.4 Å². The van der Waals surface area contributed by atoms with Crippen LogP contribution in [0.4, 0.5) is 5.69 Å². The van der Waals surface area contributed by atoms with Crippen molar-refractivity contribution in [2.24, 2.45) is 0 Å². The van der Waals surface area contributed by atoms with Gasteiger partial charge in [-0.25, -0.2) is 0 Å². The smallest absolute Gasteiger partial charge is 0.0714 e. The van der Waals surface area contributed by atoms with E-state index in [1.165, 1.54) is 17.0 Å². The van der Waals surface area contributed by atoms with Gasteiger partial charge >= 0.3 is 0 Å². The summed E-state index contributed by atoms with van der Waals surface area (Å²) in [5.41, 5.74) is 1.23. The van der Waals surface area contributed by atoms with Crippen LogP contribution in [0.1, 0.15) is 4.88 Å². The molecule has 1 nitrogen and oxygen atoms in total. The number of fused-ring (bicyclic) bond motifs is 1. The van der Waals surface area contributed by atoms with Crippen molar-refractivity contribution in [3.63, 3.8) is 0 Å². The van der Waals surface area contributed by atoms with Crippen LogP contribution in [0.3, 0.4) is 0 Å². The molecule has 0 saturated heterocycles. The fourth-order valence-corrected chi connectivity index (χ4v) is 1.76. The largest absolute Gasteiger partial charge is 0.284 e. The van der Waals surface area contributed by atoms with Crippen molar-refractivity contribution in [2.45, 2.75) is 6.42 Å². The Morgan fingerprint density at radius 1 is 1.62 bits per heavy atom. The monoisotopic (exact) mass is 124 g/mol.